The van der Waals surface area contributed by atoms with Crippen molar-refractivity contribution in [2.24, 2.45) is 0 Å². The average molecular weight is 342 g/mol. The molecule has 5 nitrogen and oxygen atoms in total. The molecule has 0 unspecified atom stereocenters. The number of halogens is 1. The van der Waals surface area contributed by atoms with Gasteiger partial charge in [-0.1, -0.05) is 22.0 Å². The van der Waals surface area contributed by atoms with Gasteiger partial charge in [0.2, 0.25) is 10.0 Å². The molecule has 0 aliphatic rings. The first-order valence-electron chi connectivity index (χ1n) is 4.64. The molecule has 17 heavy (non-hydrogen) atoms. The van der Waals surface area contributed by atoms with E-state index in [1.54, 1.807) is 12.1 Å². The molecule has 0 aliphatic heterocycles. The summed E-state index contributed by atoms with van der Waals surface area (Å²) in [6.45, 7) is -0.131. The minimum absolute atomic E-state index is 0.0976. The highest BCUT2D eigenvalue weighted by Crippen LogP contribution is 2.15. The van der Waals surface area contributed by atoms with Gasteiger partial charge in [0.25, 0.3) is 0 Å². The zero-order valence-corrected chi connectivity index (χ0v) is 12.3. The van der Waals surface area contributed by atoms with Crippen LogP contribution < -0.4 is 4.72 Å². The van der Waals surface area contributed by atoms with Crippen molar-refractivity contribution in [2.45, 2.75) is 4.90 Å². The van der Waals surface area contributed by atoms with Crippen LogP contribution in [0.15, 0.2) is 33.6 Å². The van der Waals surface area contributed by atoms with Crippen molar-refractivity contribution >= 4 is 35.8 Å². The fraction of sp³-hybridized carbons (Fsp3) is 0.333. The highest BCUT2D eigenvalue weighted by molar-refractivity contribution is 9.10. The lowest BCUT2D eigenvalue weighted by Crippen LogP contribution is -2.28. The summed E-state index contributed by atoms with van der Waals surface area (Å²) in [5, 5.41) is 0. The zero-order chi connectivity index (χ0) is 13.1. The van der Waals surface area contributed by atoms with Crippen LogP contribution in [0.1, 0.15) is 0 Å². The van der Waals surface area contributed by atoms with Crippen molar-refractivity contribution in [3.63, 3.8) is 0 Å². The number of nitrogens with one attached hydrogen (secondary N) is 1. The van der Waals surface area contributed by atoms with Crippen molar-refractivity contribution in [2.75, 3.05) is 18.6 Å². The van der Waals surface area contributed by atoms with E-state index in [0.717, 1.165) is 6.26 Å². The Morgan fingerprint density at radius 1 is 1.24 bits per heavy atom. The molecule has 0 amide bonds. The van der Waals surface area contributed by atoms with Gasteiger partial charge in [-0.3, -0.25) is 0 Å². The van der Waals surface area contributed by atoms with Crippen LogP contribution in [-0.2, 0) is 19.9 Å². The molecule has 0 saturated carbocycles. The fourth-order valence-corrected chi connectivity index (χ4v) is 3.31. The van der Waals surface area contributed by atoms with E-state index in [1.807, 2.05) is 0 Å². The molecule has 1 aromatic carbocycles. The molecule has 1 rings (SSSR count). The van der Waals surface area contributed by atoms with E-state index in [1.165, 1.54) is 12.1 Å². The summed E-state index contributed by atoms with van der Waals surface area (Å²) in [5.41, 5.74) is 0. The highest BCUT2D eigenvalue weighted by atomic mass is 79.9. The predicted molar refractivity (Wildman–Crippen MR) is 69.0 cm³/mol. The van der Waals surface area contributed by atoms with E-state index in [4.69, 9.17) is 0 Å². The molecular weight excluding hydrogens is 330 g/mol. The van der Waals surface area contributed by atoms with Crippen LogP contribution in [0.3, 0.4) is 0 Å². The van der Waals surface area contributed by atoms with Crippen LogP contribution in [0.4, 0.5) is 0 Å². The Morgan fingerprint density at radius 3 is 2.41 bits per heavy atom. The van der Waals surface area contributed by atoms with Gasteiger partial charge in [-0.25, -0.2) is 21.6 Å². The van der Waals surface area contributed by atoms with E-state index < -0.39 is 19.9 Å². The lowest BCUT2D eigenvalue weighted by Gasteiger charge is -2.06. The molecule has 0 fully saturated rings. The van der Waals surface area contributed by atoms with E-state index in [-0.39, 0.29) is 17.2 Å². The largest absolute Gasteiger partial charge is 0.240 e. The van der Waals surface area contributed by atoms with Crippen LogP contribution in [-0.4, -0.2) is 35.4 Å². The Balaban J connectivity index is 2.77. The second kappa shape index (κ2) is 5.47. The van der Waals surface area contributed by atoms with Crippen molar-refractivity contribution < 1.29 is 16.8 Å². The van der Waals surface area contributed by atoms with Gasteiger partial charge < -0.3 is 0 Å². The molecule has 0 aliphatic carbocycles. The molecule has 0 heterocycles. The average Bonchev–Trinajstić information content (AvgIpc) is 2.15. The highest BCUT2D eigenvalue weighted by Gasteiger charge is 2.14. The van der Waals surface area contributed by atoms with Crippen LogP contribution >= 0.6 is 15.9 Å². The Hall–Kier alpha value is -0.440. The van der Waals surface area contributed by atoms with E-state index in [0.29, 0.717) is 4.47 Å². The molecular formula is C9H12BrNO4S2. The number of sulfonamides is 1. The molecule has 96 valence electrons. The maximum absolute atomic E-state index is 11.7. The van der Waals surface area contributed by atoms with Gasteiger partial charge in [0.1, 0.15) is 9.84 Å². The summed E-state index contributed by atoms with van der Waals surface area (Å²) in [5.74, 6) is -0.222. The smallest absolute Gasteiger partial charge is 0.229 e. The topological polar surface area (TPSA) is 80.3 Å². The fourth-order valence-electron chi connectivity index (χ4n) is 1.08. The minimum Gasteiger partial charge on any atom is -0.229 e. The predicted octanol–water partition coefficient (Wildman–Crippen LogP) is 0.772. The molecule has 1 aromatic rings. The van der Waals surface area contributed by atoms with Gasteiger partial charge >= 0.3 is 0 Å². The molecule has 8 heteroatoms. The van der Waals surface area contributed by atoms with Crippen molar-refractivity contribution in [1.29, 1.82) is 0 Å². The number of hydrogen-bond donors (Lipinski definition) is 1. The Morgan fingerprint density at radius 2 is 1.88 bits per heavy atom. The first-order chi connectivity index (χ1) is 7.71. The summed E-state index contributed by atoms with van der Waals surface area (Å²) >= 11 is 3.17. The maximum Gasteiger partial charge on any atom is 0.240 e. The Kier molecular flexibility index (Phi) is 4.70. The van der Waals surface area contributed by atoms with Gasteiger partial charge in [-0.05, 0) is 18.2 Å². The lowest BCUT2D eigenvalue weighted by molar-refractivity contribution is 0.582. The third kappa shape index (κ3) is 5.15. The first-order valence-corrected chi connectivity index (χ1v) is 8.97. The summed E-state index contributed by atoms with van der Waals surface area (Å²) in [6.07, 6.45) is 1.06. The molecule has 0 radical (unpaired) electrons. The quantitative estimate of drug-likeness (QED) is 0.857. The molecule has 0 atom stereocenters. The van der Waals surface area contributed by atoms with Crippen molar-refractivity contribution in [3.05, 3.63) is 28.7 Å². The monoisotopic (exact) mass is 341 g/mol. The second-order valence-corrected chi connectivity index (χ2v) is 8.43. The molecule has 0 saturated heterocycles. The lowest BCUT2D eigenvalue weighted by atomic mass is 10.4. The van der Waals surface area contributed by atoms with Crippen LogP contribution in [0.2, 0.25) is 0 Å². The van der Waals surface area contributed by atoms with Gasteiger partial charge in [0.05, 0.1) is 10.6 Å². The van der Waals surface area contributed by atoms with Gasteiger partial charge in [-0.15, -0.1) is 0 Å². The van der Waals surface area contributed by atoms with E-state index in [9.17, 15) is 16.8 Å². The van der Waals surface area contributed by atoms with Crippen molar-refractivity contribution in [3.8, 4) is 0 Å². The minimum atomic E-state index is -3.65. The molecule has 0 aromatic heterocycles. The zero-order valence-electron chi connectivity index (χ0n) is 9.05. The standard InChI is InChI=1S/C9H12BrNO4S2/c1-16(12,13)6-5-11-17(14,15)9-4-2-3-8(10)7-9/h2-4,7,11H,5-6H2,1H3. The summed E-state index contributed by atoms with van der Waals surface area (Å²) in [7, 11) is -6.82. The number of hydrogen-bond acceptors (Lipinski definition) is 4. The number of rotatable bonds is 5. The first kappa shape index (κ1) is 14.6. The van der Waals surface area contributed by atoms with E-state index >= 15 is 0 Å². The number of benzene rings is 1. The molecule has 0 spiro atoms. The molecule has 1 N–H and O–H groups in total. The maximum atomic E-state index is 11.7. The molecule has 0 bridgehead atoms. The van der Waals surface area contributed by atoms with Crippen LogP contribution in [0.5, 0.6) is 0 Å². The Labute approximate surface area is 109 Å². The second-order valence-electron chi connectivity index (χ2n) is 3.49. The van der Waals surface area contributed by atoms with Crippen molar-refractivity contribution in [1.82, 2.24) is 4.72 Å². The third-order valence-corrected chi connectivity index (χ3v) is 4.77. The summed E-state index contributed by atoms with van der Waals surface area (Å²) in [6, 6.07) is 6.18. The van der Waals surface area contributed by atoms with Gasteiger partial charge in [0, 0.05) is 17.3 Å². The van der Waals surface area contributed by atoms with Crippen LogP contribution in [0, 0.1) is 0 Å². The third-order valence-electron chi connectivity index (χ3n) is 1.87. The van der Waals surface area contributed by atoms with E-state index in [2.05, 4.69) is 20.7 Å². The Bertz CT molecular complexity index is 595. The summed E-state index contributed by atoms with van der Waals surface area (Å²) < 4.78 is 48.1. The number of sulfone groups is 1. The normalized spacial score (nSPS) is 12.6. The van der Waals surface area contributed by atoms with Gasteiger partial charge in [0.15, 0.2) is 0 Å². The summed E-state index contributed by atoms with van der Waals surface area (Å²) in [4.78, 5) is 0.0976. The van der Waals surface area contributed by atoms with Crippen LogP contribution in [0.25, 0.3) is 0 Å². The SMILES string of the molecule is CS(=O)(=O)CCNS(=O)(=O)c1cccc(Br)c1. The van der Waals surface area contributed by atoms with Gasteiger partial charge in [-0.2, -0.15) is 0 Å².